The lowest BCUT2D eigenvalue weighted by Gasteiger charge is -2.07. The molecule has 1 N–H and O–H groups in total. The number of nitrogens with one attached hydrogen (secondary N) is 1. The molecular weight excluding hydrogens is 132 g/mol. The first-order valence-corrected chi connectivity index (χ1v) is 2.68. The zero-order chi connectivity index (χ0) is 7.40. The topological polar surface area (TPSA) is 64.5 Å². The summed E-state index contributed by atoms with van der Waals surface area (Å²) in [7, 11) is 0. The van der Waals surface area contributed by atoms with Crippen LogP contribution in [0.4, 0.5) is 11.4 Å². The Morgan fingerprint density at radius 1 is 1.50 bits per heavy atom. The van der Waals surface area contributed by atoms with E-state index in [4.69, 9.17) is 0 Å². The lowest BCUT2D eigenvalue weighted by Crippen LogP contribution is -1.82. The Hall–Kier alpha value is -1.42. The Balaban J connectivity index is 2.98. The Labute approximate surface area is 57.4 Å². The van der Waals surface area contributed by atoms with E-state index in [1.807, 2.05) is 0 Å². The van der Waals surface area contributed by atoms with Crippen molar-refractivity contribution in [1.82, 2.24) is 0 Å². The molecule has 4 heteroatoms. The molecule has 0 amide bonds. The Morgan fingerprint density at radius 3 is 2.90 bits per heavy atom. The molecule has 0 aliphatic rings. The molecule has 0 saturated carbocycles. The van der Waals surface area contributed by atoms with E-state index in [0.717, 1.165) is 0 Å². The van der Waals surface area contributed by atoms with Crippen molar-refractivity contribution in [3.8, 4) is 0 Å². The van der Waals surface area contributed by atoms with Gasteiger partial charge in [-0.15, -0.1) is 4.91 Å². The van der Waals surface area contributed by atoms with Crippen molar-refractivity contribution in [1.29, 1.82) is 0 Å². The summed E-state index contributed by atoms with van der Waals surface area (Å²) in [6, 6.07) is 6.03. The predicted octanol–water partition coefficient (Wildman–Crippen LogP) is 1.99. The Morgan fingerprint density at radius 2 is 2.30 bits per heavy atom. The number of nitrogens with zero attached hydrogens (tertiary/aromatic N) is 1. The second-order valence-electron chi connectivity index (χ2n) is 1.74. The van der Waals surface area contributed by atoms with Gasteiger partial charge in [0.2, 0.25) is 0 Å². The van der Waals surface area contributed by atoms with Crippen molar-refractivity contribution in [2.24, 2.45) is 5.18 Å². The fourth-order valence-electron chi connectivity index (χ4n) is 0.626. The van der Waals surface area contributed by atoms with Gasteiger partial charge in [0, 0.05) is 5.69 Å². The number of hydrogen-bond donors (Lipinski definition) is 1. The minimum absolute atomic E-state index is 0.251. The molecule has 0 bridgehead atoms. The van der Waals surface area contributed by atoms with Crippen molar-refractivity contribution in [2.45, 2.75) is 0 Å². The molecule has 0 radical (unpaired) electrons. The van der Waals surface area contributed by atoms with Gasteiger partial charge in [0.25, 0.3) is 0 Å². The highest BCUT2D eigenvalue weighted by Gasteiger charge is 1.89. The van der Waals surface area contributed by atoms with Gasteiger partial charge in [-0.25, -0.2) is 0 Å². The third-order valence-electron chi connectivity index (χ3n) is 1.07. The van der Waals surface area contributed by atoms with Gasteiger partial charge >= 0.3 is 0 Å². The van der Waals surface area contributed by atoms with E-state index in [1.165, 1.54) is 12.1 Å². The third-order valence-corrected chi connectivity index (χ3v) is 1.07. The largest absolute Gasteiger partial charge is 0.761 e. The molecule has 52 valence electrons. The molecule has 0 aliphatic carbocycles. The van der Waals surface area contributed by atoms with E-state index in [-0.39, 0.29) is 5.69 Å². The van der Waals surface area contributed by atoms with Gasteiger partial charge in [-0.1, -0.05) is 6.07 Å². The zero-order valence-corrected chi connectivity index (χ0v) is 5.07. The first kappa shape index (κ1) is 6.70. The van der Waals surface area contributed by atoms with Crippen LogP contribution in [0.15, 0.2) is 29.4 Å². The Kier molecular flexibility index (Phi) is 1.96. The van der Waals surface area contributed by atoms with E-state index >= 15 is 0 Å². The first-order valence-electron chi connectivity index (χ1n) is 2.68. The Bertz CT molecular complexity index is 237. The van der Waals surface area contributed by atoms with Crippen molar-refractivity contribution in [3.05, 3.63) is 34.4 Å². The van der Waals surface area contributed by atoms with Crippen LogP contribution in [-0.2, 0) is 0 Å². The van der Waals surface area contributed by atoms with Crippen LogP contribution in [0.5, 0.6) is 0 Å². The lowest BCUT2D eigenvalue weighted by atomic mass is 10.3. The number of hydrogen-bond acceptors (Lipinski definition) is 4. The maximum absolute atomic E-state index is 10.0. The summed E-state index contributed by atoms with van der Waals surface area (Å²) in [5.41, 5.74) is 2.25. The molecule has 1 aromatic carbocycles. The average molecular weight is 137 g/mol. The molecule has 1 aromatic rings. The molecule has 0 unspecified atom stereocenters. The summed E-state index contributed by atoms with van der Waals surface area (Å²) in [5, 5.41) is 12.7. The summed E-state index contributed by atoms with van der Waals surface area (Å²) in [6.45, 7) is 0. The van der Waals surface area contributed by atoms with Crippen LogP contribution in [0.2, 0.25) is 0 Å². The lowest BCUT2D eigenvalue weighted by molar-refractivity contribution is 1.48. The average Bonchev–Trinajstić information content (AvgIpc) is 2.05. The van der Waals surface area contributed by atoms with E-state index in [1.54, 1.807) is 17.6 Å². The molecule has 0 fully saturated rings. The van der Waals surface area contributed by atoms with Crippen molar-refractivity contribution in [3.63, 3.8) is 0 Å². The molecular formula is C6H5N2O2-. The molecule has 10 heavy (non-hydrogen) atoms. The quantitative estimate of drug-likeness (QED) is 0.500. The number of anilines is 1. The summed E-state index contributed by atoms with van der Waals surface area (Å²) in [5.74, 6) is 0. The fourth-order valence-corrected chi connectivity index (χ4v) is 0.626. The van der Waals surface area contributed by atoms with Crippen LogP contribution in [0.3, 0.4) is 0 Å². The minimum atomic E-state index is 0.251. The van der Waals surface area contributed by atoms with Gasteiger partial charge in [-0.3, -0.25) is 0 Å². The third kappa shape index (κ3) is 1.29. The van der Waals surface area contributed by atoms with Gasteiger partial charge in [0.15, 0.2) is 0 Å². The molecule has 4 nitrogen and oxygen atoms in total. The van der Waals surface area contributed by atoms with Gasteiger partial charge in [0.05, 0.1) is 0 Å². The van der Waals surface area contributed by atoms with Gasteiger partial charge in [0.1, 0.15) is 5.69 Å². The second kappa shape index (κ2) is 2.93. The number of benzene rings is 1. The smallest absolute Gasteiger partial charge is 0.110 e. The van der Waals surface area contributed by atoms with Crippen LogP contribution >= 0.6 is 0 Å². The van der Waals surface area contributed by atoms with E-state index in [2.05, 4.69) is 5.18 Å². The standard InChI is InChI=1S/C6H5N2O2/c9-7-5-2-1-3-6(4-5)8-10/h1-4,7H/q-1. The summed E-state index contributed by atoms with van der Waals surface area (Å²) < 4.78 is 0. The molecule has 0 heterocycles. The SMILES string of the molecule is O=Nc1cccc(N[O-])c1. The fraction of sp³-hybridized carbons (Fsp3) is 0. The van der Waals surface area contributed by atoms with Gasteiger partial charge < -0.3 is 10.7 Å². The molecule has 0 saturated heterocycles. The number of nitroso groups, excluding NO2 is 1. The first-order chi connectivity index (χ1) is 4.86. The highest BCUT2D eigenvalue weighted by molar-refractivity contribution is 5.53. The van der Waals surface area contributed by atoms with Crippen LogP contribution in [0.1, 0.15) is 0 Å². The molecule has 0 aromatic heterocycles. The predicted molar refractivity (Wildman–Crippen MR) is 38.9 cm³/mol. The zero-order valence-electron chi connectivity index (χ0n) is 5.07. The van der Waals surface area contributed by atoms with Crippen molar-refractivity contribution >= 4 is 11.4 Å². The van der Waals surface area contributed by atoms with Crippen LogP contribution < -0.4 is 5.48 Å². The van der Waals surface area contributed by atoms with E-state index < -0.39 is 0 Å². The monoisotopic (exact) mass is 137 g/mol. The van der Waals surface area contributed by atoms with E-state index in [9.17, 15) is 10.1 Å². The summed E-state index contributed by atoms with van der Waals surface area (Å²) in [4.78, 5) is 9.89. The summed E-state index contributed by atoms with van der Waals surface area (Å²) >= 11 is 0. The van der Waals surface area contributed by atoms with Crippen molar-refractivity contribution in [2.75, 3.05) is 5.48 Å². The maximum atomic E-state index is 10.0. The van der Waals surface area contributed by atoms with Gasteiger partial charge in [-0.05, 0) is 23.4 Å². The maximum Gasteiger partial charge on any atom is 0.110 e. The minimum Gasteiger partial charge on any atom is -0.761 e. The molecule has 0 spiro atoms. The van der Waals surface area contributed by atoms with Crippen LogP contribution in [-0.4, -0.2) is 0 Å². The van der Waals surface area contributed by atoms with Crippen LogP contribution in [0.25, 0.3) is 0 Å². The molecule has 0 atom stereocenters. The highest BCUT2D eigenvalue weighted by atomic mass is 16.5. The van der Waals surface area contributed by atoms with E-state index in [0.29, 0.717) is 5.69 Å². The molecule has 1 rings (SSSR count). The van der Waals surface area contributed by atoms with Crippen LogP contribution in [0, 0.1) is 10.1 Å². The van der Waals surface area contributed by atoms with Crippen molar-refractivity contribution < 1.29 is 0 Å². The second-order valence-corrected chi connectivity index (χ2v) is 1.74. The summed E-state index contributed by atoms with van der Waals surface area (Å²) in [6.07, 6.45) is 0. The normalized spacial score (nSPS) is 8.90. The van der Waals surface area contributed by atoms with Gasteiger partial charge in [-0.2, -0.15) is 0 Å². The molecule has 0 aliphatic heterocycles. The number of rotatable bonds is 2. The highest BCUT2D eigenvalue weighted by Crippen LogP contribution is 2.16.